The topological polar surface area (TPSA) is 46.5 Å². The smallest absolute Gasteiger partial charge is 0.340 e. The number of hydrogen-bond donors (Lipinski definition) is 1. The summed E-state index contributed by atoms with van der Waals surface area (Å²) in [5.74, 6) is -0.952. The van der Waals surface area contributed by atoms with Gasteiger partial charge in [0.15, 0.2) is 5.60 Å². The SMILES string of the molecule is CCCOC(C)(C(=O)O)c1cccc(C)c1. The second-order valence-corrected chi connectivity index (χ2v) is 4.06. The molecule has 1 N–H and O–H groups in total. The molecule has 3 heteroatoms. The predicted octanol–water partition coefficient (Wildman–Crippen LogP) is 2.72. The fourth-order valence-corrected chi connectivity index (χ4v) is 1.52. The number of carboxylic acid groups (broad SMARTS) is 1. The highest BCUT2D eigenvalue weighted by molar-refractivity contribution is 5.79. The summed E-state index contributed by atoms with van der Waals surface area (Å²) in [6.07, 6.45) is 0.800. The maximum absolute atomic E-state index is 11.3. The number of rotatable bonds is 5. The van der Waals surface area contributed by atoms with E-state index in [0.717, 1.165) is 12.0 Å². The van der Waals surface area contributed by atoms with Crippen LogP contribution in [0.4, 0.5) is 0 Å². The molecule has 1 rings (SSSR count). The Kier molecular flexibility index (Phi) is 4.07. The highest BCUT2D eigenvalue weighted by atomic mass is 16.5. The second kappa shape index (κ2) is 5.12. The third-order valence-electron chi connectivity index (χ3n) is 2.57. The van der Waals surface area contributed by atoms with Crippen molar-refractivity contribution in [3.8, 4) is 0 Å². The summed E-state index contributed by atoms with van der Waals surface area (Å²) < 4.78 is 5.48. The maximum atomic E-state index is 11.3. The predicted molar refractivity (Wildman–Crippen MR) is 62.4 cm³/mol. The van der Waals surface area contributed by atoms with Crippen LogP contribution in [-0.2, 0) is 15.1 Å². The zero-order valence-corrected chi connectivity index (χ0v) is 9.99. The van der Waals surface area contributed by atoms with E-state index in [1.54, 1.807) is 13.0 Å². The summed E-state index contributed by atoms with van der Waals surface area (Å²) in [4.78, 5) is 11.3. The molecule has 1 aromatic rings. The summed E-state index contributed by atoms with van der Waals surface area (Å²) in [6.45, 7) is 5.93. The highest BCUT2D eigenvalue weighted by Gasteiger charge is 2.36. The van der Waals surface area contributed by atoms with Gasteiger partial charge in [-0.3, -0.25) is 0 Å². The molecule has 0 aliphatic rings. The molecular formula is C13H18O3. The van der Waals surface area contributed by atoms with Gasteiger partial charge in [-0.15, -0.1) is 0 Å². The number of ether oxygens (including phenoxy) is 1. The van der Waals surface area contributed by atoms with Gasteiger partial charge in [0.1, 0.15) is 0 Å². The first-order valence-electron chi connectivity index (χ1n) is 5.45. The Bertz CT molecular complexity index is 373. The van der Waals surface area contributed by atoms with E-state index in [4.69, 9.17) is 4.74 Å². The quantitative estimate of drug-likeness (QED) is 0.833. The first-order valence-corrected chi connectivity index (χ1v) is 5.45. The fourth-order valence-electron chi connectivity index (χ4n) is 1.52. The molecule has 1 aromatic carbocycles. The fraction of sp³-hybridized carbons (Fsp3) is 0.462. The van der Waals surface area contributed by atoms with Crippen molar-refractivity contribution in [2.45, 2.75) is 32.8 Å². The maximum Gasteiger partial charge on any atom is 0.340 e. The Morgan fingerprint density at radius 3 is 2.69 bits per heavy atom. The van der Waals surface area contributed by atoms with Gasteiger partial charge in [-0.05, 0) is 25.8 Å². The molecule has 1 atom stereocenters. The van der Waals surface area contributed by atoms with Crippen molar-refractivity contribution in [2.75, 3.05) is 6.61 Å². The summed E-state index contributed by atoms with van der Waals surface area (Å²) in [7, 11) is 0. The zero-order chi connectivity index (χ0) is 12.2. The van der Waals surface area contributed by atoms with Crippen LogP contribution in [-0.4, -0.2) is 17.7 Å². The Labute approximate surface area is 96.1 Å². The van der Waals surface area contributed by atoms with Gasteiger partial charge >= 0.3 is 5.97 Å². The van der Waals surface area contributed by atoms with Crippen LogP contribution in [0.3, 0.4) is 0 Å². The van der Waals surface area contributed by atoms with Crippen molar-refractivity contribution in [1.82, 2.24) is 0 Å². The number of carbonyl (C=O) groups is 1. The van der Waals surface area contributed by atoms with Gasteiger partial charge in [-0.1, -0.05) is 36.8 Å². The molecule has 0 bridgehead atoms. The summed E-state index contributed by atoms with van der Waals surface area (Å²) >= 11 is 0. The molecule has 0 aliphatic heterocycles. The molecule has 88 valence electrons. The lowest BCUT2D eigenvalue weighted by Crippen LogP contribution is -2.35. The summed E-state index contributed by atoms with van der Waals surface area (Å²) in [5, 5.41) is 9.28. The van der Waals surface area contributed by atoms with Gasteiger partial charge in [0.05, 0.1) is 0 Å². The van der Waals surface area contributed by atoms with Crippen LogP contribution in [0.1, 0.15) is 31.4 Å². The summed E-state index contributed by atoms with van der Waals surface area (Å²) in [6, 6.07) is 7.42. The number of hydrogen-bond acceptors (Lipinski definition) is 2. The van der Waals surface area contributed by atoms with E-state index in [-0.39, 0.29) is 0 Å². The van der Waals surface area contributed by atoms with Crippen LogP contribution in [0.15, 0.2) is 24.3 Å². The van der Waals surface area contributed by atoms with E-state index in [9.17, 15) is 9.90 Å². The molecule has 0 saturated heterocycles. The minimum Gasteiger partial charge on any atom is -0.479 e. The van der Waals surface area contributed by atoms with E-state index in [0.29, 0.717) is 12.2 Å². The molecule has 0 amide bonds. The normalized spacial score (nSPS) is 14.4. The first kappa shape index (κ1) is 12.7. The lowest BCUT2D eigenvalue weighted by Gasteiger charge is -2.26. The van der Waals surface area contributed by atoms with E-state index in [2.05, 4.69) is 0 Å². The number of aryl methyl sites for hydroxylation is 1. The number of aliphatic carboxylic acids is 1. The van der Waals surface area contributed by atoms with Crippen molar-refractivity contribution >= 4 is 5.97 Å². The van der Waals surface area contributed by atoms with Crippen LogP contribution < -0.4 is 0 Å². The Balaban J connectivity index is 3.06. The van der Waals surface area contributed by atoms with E-state index >= 15 is 0 Å². The lowest BCUT2D eigenvalue weighted by atomic mass is 9.94. The van der Waals surface area contributed by atoms with Crippen LogP contribution in [0.25, 0.3) is 0 Å². The van der Waals surface area contributed by atoms with Gasteiger partial charge in [0.25, 0.3) is 0 Å². The van der Waals surface area contributed by atoms with Crippen molar-refractivity contribution in [1.29, 1.82) is 0 Å². The average Bonchev–Trinajstić information content (AvgIpc) is 2.25. The van der Waals surface area contributed by atoms with E-state index in [1.807, 2.05) is 32.0 Å². The monoisotopic (exact) mass is 222 g/mol. The van der Waals surface area contributed by atoms with Crippen LogP contribution in [0.5, 0.6) is 0 Å². The molecule has 3 nitrogen and oxygen atoms in total. The number of carboxylic acids is 1. The molecule has 16 heavy (non-hydrogen) atoms. The molecule has 0 heterocycles. The average molecular weight is 222 g/mol. The third kappa shape index (κ3) is 2.61. The molecule has 1 unspecified atom stereocenters. The van der Waals surface area contributed by atoms with Gasteiger partial charge in [0.2, 0.25) is 0 Å². The molecular weight excluding hydrogens is 204 g/mol. The Morgan fingerprint density at radius 1 is 1.50 bits per heavy atom. The van der Waals surface area contributed by atoms with Crippen LogP contribution in [0.2, 0.25) is 0 Å². The third-order valence-corrected chi connectivity index (χ3v) is 2.57. The molecule has 0 saturated carbocycles. The van der Waals surface area contributed by atoms with Gasteiger partial charge < -0.3 is 9.84 Å². The Morgan fingerprint density at radius 2 is 2.19 bits per heavy atom. The minimum atomic E-state index is -1.25. The minimum absolute atomic E-state index is 0.441. The van der Waals surface area contributed by atoms with E-state index < -0.39 is 11.6 Å². The molecule has 0 fully saturated rings. The first-order chi connectivity index (χ1) is 7.50. The molecule has 0 radical (unpaired) electrons. The largest absolute Gasteiger partial charge is 0.479 e. The molecule has 0 aliphatic carbocycles. The van der Waals surface area contributed by atoms with E-state index in [1.165, 1.54) is 0 Å². The second-order valence-electron chi connectivity index (χ2n) is 4.06. The van der Waals surface area contributed by atoms with Gasteiger partial charge in [-0.2, -0.15) is 0 Å². The standard InChI is InChI=1S/C13H18O3/c1-4-8-16-13(3,12(14)15)11-7-5-6-10(2)9-11/h5-7,9H,4,8H2,1-3H3,(H,14,15). The number of benzene rings is 1. The van der Waals surface area contributed by atoms with Gasteiger partial charge in [-0.25, -0.2) is 4.79 Å². The van der Waals surface area contributed by atoms with Crippen LogP contribution in [0, 0.1) is 6.92 Å². The zero-order valence-electron chi connectivity index (χ0n) is 9.99. The van der Waals surface area contributed by atoms with Crippen molar-refractivity contribution in [2.24, 2.45) is 0 Å². The molecule has 0 spiro atoms. The summed E-state index contributed by atoms with van der Waals surface area (Å²) in [5.41, 5.74) is 0.473. The highest BCUT2D eigenvalue weighted by Crippen LogP contribution is 2.26. The Hall–Kier alpha value is -1.35. The van der Waals surface area contributed by atoms with Crippen molar-refractivity contribution in [3.63, 3.8) is 0 Å². The molecule has 0 aromatic heterocycles. The van der Waals surface area contributed by atoms with Crippen molar-refractivity contribution < 1.29 is 14.6 Å². The van der Waals surface area contributed by atoms with Crippen LogP contribution >= 0.6 is 0 Å². The lowest BCUT2D eigenvalue weighted by molar-refractivity contribution is -0.165. The van der Waals surface area contributed by atoms with Crippen molar-refractivity contribution in [3.05, 3.63) is 35.4 Å². The van der Waals surface area contributed by atoms with Gasteiger partial charge in [0, 0.05) is 6.61 Å².